The standard InChI is InChI=1S/C13H30N2/c1-4-13(3)15(5-2)12-10-8-6-7-9-11-14/h13H,4-12,14H2,1-3H3. The summed E-state index contributed by atoms with van der Waals surface area (Å²) in [6, 6.07) is 0.749. The van der Waals surface area contributed by atoms with E-state index in [9.17, 15) is 0 Å². The molecule has 0 amide bonds. The molecule has 2 heteroatoms. The summed E-state index contributed by atoms with van der Waals surface area (Å²) in [4.78, 5) is 2.59. The molecule has 92 valence electrons. The van der Waals surface area contributed by atoms with Gasteiger partial charge in [0.05, 0.1) is 0 Å². The van der Waals surface area contributed by atoms with Gasteiger partial charge in [-0.25, -0.2) is 0 Å². The van der Waals surface area contributed by atoms with Crippen LogP contribution < -0.4 is 5.73 Å². The number of hydrogen-bond donors (Lipinski definition) is 1. The molecule has 0 spiro atoms. The summed E-state index contributed by atoms with van der Waals surface area (Å²) in [7, 11) is 0. The summed E-state index contributed by atoms with van der Waals surface area (Å²) in [6.45, 7) is 10.2. The third kappa shape index (κ3) is 7.80. The van der Waals surface area contributed by atoms with E-state index in [4.69, 9.17) is 5.73 Å². The van der Waals surface area contributed by atoms with Gasteiger partial charge < -0.3 is 10.6 Å². The van der Waals surface area contributed by atoms with Crippen LogP contribution in [0.25, 0.3) is 0 Å². The van der Waals surface area contributed by atoms with Gasteiger partial charge in [-0.3, -0.25) is 0 Å². The van der Waals surface area contributed by atoms with Crippen LogP contribution in [0.2, 0.25) is 0 Å². The predicted molar refractivity (Wildman–Crippen MR) is 69.1 cm³/mol. The zero-order valence-corrected chi connectivity index (χ0v) is 11.0. The molecule has 1 atom stereocenters. The van der Waals surface area contributed by atoms with Crippen LogP contribution in [0.15, 0.2) is 0 Å². The summed E-state index contributed by atoms with van der Waals surface area (Å²) in [5, 5.41) is 0. The van der Waals surface area contributed by atoms with Crippen molar-refractivity contribution in [2.24, 2.45) is 5.73 Å². The van der Waals surface area contributed by atoms with Crippen LogP contribution in [0.4, 0.5) is 0 Å². The van der Waals surface area contributed by atoms with Crippen molar-refractivity contribution in [3.63, 3.8) is 0 Å². The van der Waals surface area contributed by atoms with Crippen molar-refractivity contribution in [3.8, 4) is 0 Å². The summed E-state index contributed by atoms with van der Waals surface area (Å²) >= 11 is 0. The molecule has 0 saturated carbocycles. The van der Waals surface area contributed by atoms with Crippen molar-refractivity contribution in [2.75, 3.05) is 19.6 Å². The van der Waals surface area contributed by atoms with Crippen molar-refractivity contribution in [2.45, 2.75) is 65.3 Å². The lowest BCUT2D eigenvalue weighted by atomic mass is 10.1. The van der Waals surface area contributed by atoms with Gasteiger partial charge in [-0.15, -0.1) is 0 Å². The molecule has 0 aromatic heterocycles. The third-order valence-electron chi connectivity index (χ3n) is 3.27. The van der Waals surface area contributed by atoms with Crippen molar-refractivity contribution >= 4 is 0 Å². The highest BCUT2D eigenvalue weighted by Crippen LogP contribution is 2.07. The third-order valence-corrected chi connectivity index (χ3v) is 3.27. The first-order valence-corrected chi connectivity index (χ1v) is 6.70. The smallest absolute Gasteiger partial charge is 0.00641 e. The molecule has 0 radical (unpaired) electrons. The zero-order valence-electron chi connectivity index (χ0n) is 11.0. The average molecular weight is 214 g/mol. The van der Waals surface area contributed by atoms with Gasteiger partial charge in [0.15, 0.2) is 0 Å². The van der Waals surface area contributed by atoms with Crippen LogP contribution in [0.1, 0.15) is 59.3 Å². The predicted octanol–water partition coefficient (Wildman–Crippen LogP) is 3.02. The molecule has 0 rings (SSSR count). The Morgan fingerprint density at radius 2 is 1.60 bits per heavy atom. The average Bonchev–Trinajstić information content (AvgIpc) is 2.27. The number of rotatable bonds is 10. The molecule has 2 nitrogen and oxygen atoms in total. The molecule has 2 N–H and O–H groups in total. The topological polar surface area (TPSA) is 29.3 Å². The molecule has 0 bridgehead atoms. The maximum atomic E-state index is 5.46. The van der Waals surface area contributed by atoms with Crippen molar-refractivity contribution in [1.29, 1.82) is 0 Å². The fourth-order valence-electron chi connectivity index (χ4n) is 1.94. The van der Waals surface area contributed by atoms with Gasteiger partial charge in [0, 0.05) is 6.04 Å². The lowest BCUT2D eigenvalue weighted by molar-refractivity contribution is 0.210. The highest BCUT2D eigenvalue weighted by molar-refractivity contribution is 4.63. The highest BCUT2D eigenvalue weighted by atomic mass is 15.1. The molecule has 0 fully saturated rings. The molecular formula is C13H30N2. The second-order valence-electron chi connectivity index (χ2n) is 4.44. The fraction of sp³-hybridized carbons (Fsp3) is 1.00. The molecule has 0 heterocycles. The molecule has 0 saturated heterocycles. The van der Waals surface area contributed by atoms with Gasteiger partial charge >= 0.3 is 0 Å². The van der Waals surface area contributed by atoms with E-state index in [1.165, 1.54) is 51.6 Å². The summed E-state index contributed by atoms with van der Waals surface area (Å²) < 4.78 is 0. The SMILES string of the molecule is CCC(C)N(CC)CCCCCCCN. The summed E-state index contributed by atoms with van der Waals surface area (Å²) in [6.07, 6.45) is 7.85. The lowest BCUT2D eigenvalue weighted by Gasteiger charge is -2.26. The maximum Gasteiger partial charge on any atom is 0.00641 e. The van der Waals surface area contributed by atoms with Gasteiger partial charge in [0.1, 0.15) is 0 Å². The van der Waals surface area contributed by atoms with Crippen LogP contribution in [0, 0.1) is 0 Å². The highest BCUT2D eigenvalue weighted by Gasteiger charge is 2.08. The van der Waals surface area contributed by atoms with Crippen LogP contribution in [-0.4, -0.2) is 30.6 Å². The van der Waals surface area contributed by atoms with E-state index >= 15 is 0 Å². The maximum absolute atomic E-state index is 5.46. The number of hydrogen-bond acceptors (Lipinski definition) is 2. The minimum absolute atomic E-state index is 0.749. The van der Waals surface area contributed by atoms with Crippen LogP contribution in [0.3, 0.4) is 0 Å². The first-order valence-electron chi connectivity index (χ1n) is 6.70. The molecule has 0 aliphatic rings. The van der Waals surface area contributed by atoms with Crippen molar-refractivity contribution in [1.82, 2.24) is 4.90 Å². The van der Waals surface area contributed by atoms with E-state index in [2.05, 4.69) is 25.7 Å². The quantitative estimate of drug-likeness (QED) is 0.566. The largest absolute Gasteiger partial charge is 0.330 e. The Hall–Kier alpha value is -0.0800. The van der Waals surface area contributed by atoms with Gasteiger partial charge in [-0.05, 0) is 45.8 Å². The first-order chi connectivity index (χ1) is 7.26. The van der Waals surface area contributed by atoms with Crippen molar-refractivity contribution < 1.29 is 0 Å². The summed E-state index contributed by atoms with van der Waals surface area (Å²) in [5.41, 5.74) is 5.46. The molecule has 0 aliphatic heterocycles. The van der Waals surface area contributed by atoms with E-state index in [1.807, 2.05) is 0 Å². The molecule has 0 aromatic rings. The number of unbranched alkanes of at least 4 members (excludes halogenated alkanes) is 4. The monoisotopic (exact) mass is 214 g/mol. The molecule has 15 heavy (non-hydrogen) atoms. The molecule has 0 aromatic carbocycles. The Morgan fingerprint density at radius 3 is 2.13 bits per heavy atom. The first kappa shape index (κ1) is 14.9. The van der Waals surface area contributed by atoms with Gasteiger partial charge in [-0.2, -0.15) is 0 Å². The van der Waals surface area contributed by atoms with E-state index in [1.54, 1.807) is 0 Å². The van der Waals surface area contributed by atoms with Gasteiger partial charge in [0.2, 0.25) is 0 Å². The normalized spacial score (nSPS) is 13.4. The Labute approximate surface area is 96.2 Å². The Balaban J connectivity index is 3.38. The second kappa shape index (κ2) is 10.4. The Kier molecular flexibility index (Phi) is 10.4. The number of nitrogens with two attached hydrogens (primary N) is 1. The van der Waals surface area contributed by atoms with E-state index < -0.39 is 0 Å². The van der Waals surface area contributed by atoms with Crippen molar-refractivity contribution in [3.05, 3.63) is 0 Å². The Bertz CT molecular complexity index is 126. The van der Waals surface area contributed by atoms with Crippen LogP contribution >= 0.6 is 0 Å². The van der Waals surface area contributed by atoms with Gasteiger partial charge in [0.25, 0.3) is 0 Å². The van der Waals surface area contributed by atoms with Crippen LogP contribution in [-0.2, 0) is 0 Å². The van der Waals surface area contributed by atoms with E-state index in [0.29, 0.717) is 0 Å². The zero-order chi connectivity index (χ0) is 11.5. The Morgan fingerprint density at radius 1 is 1.00 bits per heavy atom. The molecule has 0 aliphatic carbocycles. The minimum atomic E-state index is 0.749. The molecular weight excluding hydrogens is 184 g/mol. The lowest BCUT2D eigenvalue weighted by Crippen LogP contribution is -2.33. The summed E-state index contributed by atoms with van der Waals surface area (Å²) in [5.74, 6) is 0. The second-order valence-corrected chi connectivity index (χ2v) is 4.44. The number of nitrogens with zero attached hydrogens (tertiary/aromatic N) is 1. The van der Waals surface area contributed by atoms with E-state index in [-0.39, 0.29) is 0 Å². The minimum Gasteiger partial charge on any atom is -0.330 e. The van der Waals surface area contributed by atoms with Gasteiger partial charge in [-0.1, -0.05) is 33.1 Å². The van der Waals surface area contributed by atoms with Crippen LogP contribution in [0.5, 0.6) is 0 Å². The fourth-order valence-corrected chi connectivity index (χ4v) is 1.94. The van der Waals surface area contributed by atoms with E-state index in [0.717, 1.165) is 12.6 Å². The molecule has 1 unspecified atom stereocenters.